The molecule has 0 fully saturated rings. The molecule has 0 saturated carbocycles. The van der Waals surface area contributed by atoms with E-state index in [0.717, 1.165) is 17.7 Å². The minimum Gasteiger partial charge on any atom is -0.494 e. The summed E-state index contributed by atoms with van der Waals surface area (Å²) in [4.78, 5) is 16.6. The molecule has 0 aliphatic carbocycles. The van der Waals surface area contributed by atoms with Gasteiger partial charge in [0.2, 0.25) is 0 Å². The van der Waals surface area contributed by atoms with Gasteiger partial charge in [-0.3, -0.25) is 9.78 Å². The Balaban J connectivity index is 1.79. The largest absolute Gasteiger partial charge is 0.494 e. The first-order valence-electron chi connectivity index (χ1n) is 8.11. The number of ether oxygens (including phenoxy) is 1. The zero-order valence-electron chi connectivity index (χ0n) is 14.2. The van der Waals surface area contributed by atoms with Crippen molar-refractivity contribution < 1.29 is 9.53 Å². The summed E-state index contributed by atoms with van der Waals surface area (Å²) in [5, 5.41) is 7.33. The lowest BCUT2D eigenvalue weighted by Crippen LogP contribution is -2.27. The first-order chi connectivity index (χ1) is 12.2. The molecular weight excluding hydrogens is 316 g/mol. The number of pyridine rings is 1. The summed E-state index contributed by atoms with van der Waals surface area (Å²) in [6, 6.07) is 11.3. The molecule has 0 aliphatic heterocycles. The zero-order valence-corrected chi connectivity index (χ0v) is 14.2. The van der Waals surface area contributed by atoms with Crippen LogP contribution in [0.25, 0.3) is 5.69 Å². The van der Waals surface area contributed by atoms with Crippen LogP contribution >= 0.6 is 0 Å². The number of methoxy groups -OCH3 is 1. The van der Waals surface area contributed by atoms with Crippen molar-refractivity contribution in [1.29, 1.82) is 0 Å². The number of nitrogens with zero attached hydrogens (tertiary/aromatic N) is 3. The molecule has 0 aliphatic rings. The fourth-order valence-electron chi connectivity index (χ4n) is 2.65. The molecule has 0 saturated heterocycles. The Labute approximate surface area is 146 Å². The zero-order chi connectivity index (χ0) is 17.6. The van der Waals surface area contributed by atoms with E-state index in [4.69, 9.17) is 4.74 Å². The standard InChI is InChI=1S/C19H20N4O2/c1-3-16(14-8-10-20-11-9-14)22-19(24)15-12-21-23(13-15)17-6-4-5-7-18(17)25-2/h4-13,16H,3H2,1-2H3,(H,22,24)/t16-/m1/s1. The highest BCUT2D eigenvalue weighted by molar-refractivity contribution is 5.94. The molecule has 25 heavy (non-hydrogen) atoms. The Bertz CT molecular complexity index is 845. The molecule has 1 amide bonds. The van der Waals surface area contributed by atoms with Gasteiger partial charge in [-0.15, -0.1) is 0 Å². The van der Waals surface area contributed by atoms with E-state index in [9.17, 15) is 4.79 Å². The third kappa shape index (κ3) is 3.68. The summed E-state index contributed by atoms with van der Waals surface area (Å²) in [5.74, 6) is 0.533. The van der Waals surface area contributed by atoms with Crippen molar-refractivity contribution in [2.75, 3.05) is 7.11 Å². The molecular formula is C19H20N4O2. The van der Waals surface area contributed by atoms with Crippen LogP contribution in [0.2, 0.25) is 0 Å². The maximum absolute atomic E-state index is 12.6. The number of hydrogen-bond donors (Lipinski definition) is 1. The fourth-order valence-corrected chi connectivity index (χ4v) is 2.65. The van der Waals surface area contributed by atoms with Gasteiger partial charge in [-0.05, 0) is 36.2 Å². The minimum atomic E-state index is -0.162. The van der Waals surface area contributed by atoms with Gasteiger partial charge < -0.3 is 10.1 Å². The summed E-state index contributed by atoms with van der Waals surface area (Å²) in [7, 11) is 1.61. The summed E-state index contributed by atoms with van der Waals surface area (Å²) >= 11 is 0. The first-order valence-corrected chi connectivity index (χ1v) is 8.11. The fraction of sp³-hybridized carbons (Fsp3) is 0.211. The van der Waals surface area contributed by atoms with E-state index in [1.54, 1.807) is 36.6 Å². The quantitative estimate of drug-likeness (QED) is 0.751. The van der Waals surface area contributed by atoms with Gasteiger partial charge in [-0.2, -0.15) is 5.10 Å². The number of aromatic nitrogens is 3. The predicted octanol–water partition coefficient (Wildman–Crippen LogP) is 3.16. The molecule has 0 unspecified atom stereocenters. The van der Waals surface area contributed by atoms with Crippen molar-refractivity contribution in [1.82, 2.24) is 20.1 Å². The van der Waals surface area contributed by atoms with E-state index in [0.29, 0.717) is 11.3 Å². The number of para-hydroxylation sites is 2. The van der Waals surface area contributed by atoms with Gasteiger partial charge >= 0.3 is 0 Å². The second kappa shape index (κ2) is 7.61. The summed E-state index contributed by atoms with van der Waals surface area (Å²) in [6.45, 7) is 2.03. The van der Waals surface area contributed by atoms with Gasteiger partial charge in [0.05, 0.1) is 24.9 Å². The van der Waals surface area contributed by atoms with E-state index in [1.165, 1.54) is 0 Å². The Morgan fingerprint density at radius 2 is 2.00 bits per heavy atom. The van der Waals surface area contributed by atoms with Gasteiger partial charge in [-0.25, -0.2) is 4.68 Å². The summed E-state index contributed by atoms with van der Waals surface area (Å²) < 4.78 is 6.98. The van der Waals surface area contributed by atoms with E-state index >= 15 is 0 Å². The molecule has 1 aromatic carbocycles. The molecule has 2 aromatic heterocycles. The van der Waals surface area contributed by atoms with Crippen molar-refractivity contribution in [3.8, 4) is 11.4 Å². The van der Waals surface area contributed by atoms with E-state index < -0.39 is 0 Å². The van der Waals surface area contributed by atoms with Gasteiger partial charge in [0.25, 0.3) is 5.91 Å². The molecule has 128 valence electrons. The minimum absolute atomic E-state index is 0.0647. The second-order valence-corrected chi connectivity index (χ2v) is 5.56. The van der Waals surface area contributed by atoms with Crippen LogP contribution in [-0.4, -0.2) is 27.8 Å². The van der Waals surface area contributed by atoms with Gasteiger partial charge in [0, 0.05) is 18.6 Å². The lowest BCUT2D eigenvalue weighted by atomic mass is 10.1. The maximum atomic E-state index is 12.6. The van der Waals surface area contributed by atoms with Crippen LogP contribution in [-0.2, 0) is 0 Å². The van der Waals surface area contributed by atoms with E-state index in [1.807, 2.05) is 43.3 Å². The molecule has 2 heterocycles. The first kappa shape index (κ1) is 16.7. The molecule has 0 spiro atoms. The SMILES string of the molecule is CC[C@@H](NC(=O)c1cnn(-c2ccccc2OC)c1)c1ccncc1. The van der Waals surface area contributed by atoms with Crippen LogP contribution in [0.15, 0.2) is 61.2 Å². The van der Waals surface area contributed by atoms with Crippen LogP contribution in [0.4, 0.5) is 0 Å². The monoisotopic (exact) mass is 336 g/mol. The van der Waals surface area contributed by atoms with Crippen LogP contribution in [0.1, 0.15) is 35.3 Å². The third-order valence-electron chi connectivity index (χ3n) is 4.00. The van der Waals surface area contributed by atoms with Crippen LogP contribution in [0.3, 0.4) is 0 Å². The lowest BCUT2D eigenvalue weighted by molar-refractivity contribution is 0.0935. The topological polar surface area (TPSA) is 69.0 Å². The van der Waals surface area contributed by atoms with Crippen molar-refractivity contribution >= 4 is 5.91 Å². The highest BCUT2D eigenvalue weighted by Crippen LogP contribution is 2.22. The van der Waals surface area contributed by atoms with Crippen molar-refractivity contribution in [2.45, 2.75) is 19.4 Å². The summed E-state index contributed by atoms with van der Waals surface area (Å²) in [5.41, 5.74) is 2.31. The highest BCUT2D eigenvalue weighted by atomic mass is 16.5. The predicted molar refractivity (Wildman–Crippen MR) is 94.9 cm³/mol. The number of nitrogens with one attached hydrogen (secondary N) is 1. The van der Waals surface area contributed by atoms with Gasteiger partial charge in [0.1, 0.15) is 11.4 Å². The number of carbonyl (C=O) groups is 1. The lowest BCUT2D eigenvalue weighted by Gasteiger charge is -2.16. The number of rotatable bonds is 6. The number of amides is 1. The number of benzene rings is 1. The maximum Gasteiger partial charge on any atom is 0.254 e. The van der Waals surface area contributed by atoms with E-state index in [2.05, 4.69) is 15.4 Å². The van der Waals surface area contributed by atoms with Crippen molar-refractivity contribution in [2.24, 2.45) is 0 Å². The summed E-state index contributed by atoms with van der Waals surface area (Å²) in [6.07, 6.45) is 7.50. The second-order valence-electron chi connectivity index (χ2n) is 5.56. The Morgan fingerprint density at radius 3 is 2.72 bits per heavy atom. The molecule has 0 radical (unpaired) electrons. The molecule has 1 N–H and O–H groups in total. The molecule has 3 rings (SSSR count). The molecule has 6 heteroatoms. The molecule has 3 aromatic rings. The van der Waals surface area contributed by atoms with Gasteiger partial charge in [-0.1, -0.05) is 19.1 Å². The Hall–Kier alpha value is -3.15. The third-order valence-corrected chi connectivity index (χ3v) is 4.00. The van der Waals surface area contributed by atoms with Crippen LogP contribution in [0, 0.1) is 0 Å². The average molecular weight is 336 g/mol. The Kier molecular flexibility index (Phi) is 5.09. The van der Waals surface area contributed by atoms with Crippen LogP contribution in [0.5, 0.6) is 5.75 Å². The smallest absolute Gasteiger partial charge is 0.254 e. The van der Waals surface area contributed by atoms with Crippen molar-refractivity contribution in [3.63, 3.8) is 0 Å². The number of carbonyl (C=O) groups excluding carboxylic acids is 1. The van der Waals surface area contributed by atoms with E-state index in [-0.39, 0.29) is 11.9 Å². The number of hydrogen-bond acceptors (Lipinski definition) is 4. The van der Waals surface area contributed by atoms with Crippen LogP contribution < -0.4 is 10.1 Å². The molecule has 1 atom stereocenters. The van der Waals surface area contributed by atoms with Gasteiger partial charge in [0.15, 0.2) is 0 Å². The normalized spacial score (nSPS) is 11.8. The highest BCUT2D eigenvalue weighted by Gasteiger charge is 2.16. The molecule has 0 bridgehead atoms. The van der Waals surface area contributed by atoms with Crippen molar-refractivity contribution in [3.05, 3.63) is 72.3 Å². The Morgan fingerprint density at radius 1 is 1.24 bits per heavy atom. The molecule has 6 nitrogen and oxygen atoms in total. The average Bonchev–Trinajstić information content (AvgIpc) is 3.16.